The summed E-state index contributed by atoms with van der Waals surface area (Å²) >= 11 is 7.25. The van der Waals surface area contributed by atoms with Crippen LogP contribution in [0.1, 0.15) is 0 Å². The van der Waals surface area contributed by atoms with Crippen LogP contribution in [0.4, 0.5) is 0 Å². The first-order valence-electron chi connectivity index (χ1n) is 4.46. The first-order valence-corrected chi connectivity index (χ1v) is 5.65. The molecule has 0 fully saturated rings. The smallest absolute Gasteiger partial charge is 0.257 e. The van der Waals surface area contributed by atoms with Crippen LogP contribution in [-0.4, -0.2) is 4.40 Å². The van der Waals surface area contributed by atoms with E-state index < -0.39 is 0 Å². The third-order valence-electron chi connectivity index (χ3n) is 2.36. The Hall–Kier alpha value is -1.32. The summed E-state index contributed by atoms with van der Waals surface area (Å²) in [5.41, 5.74) is 1.68. The number of fused-ring (bicyclic) bond motifs is 3. The van der Waals surface area contributed by atoms with Crippen molar-refractivity contribution in [2.45, 2.75) is 0 Å². The van der Waals surface area contributed by atoms with E-state index in [0.29, 0.717) is 10.5 Å². The second-order valence-corrected chi connectivity index (χ2v) is 4.63. The van der Waals surface area contributed by atoms with Gasteiger partial charge in [-0.1, -0.05) is 29.0 Å². The Morgan fingerprint density at radius 2 is 1.93 bits per heavy atom. The highest BCUT2D eigenvalue weighted by atomic mass is 35.5. The van der Waals surface area contributed by atoms with Crippen LogP contribution in [0.15, 0.2) is 41.3 Å². The van der Waals surface area contributed by atoms with Crippen LogP contribution in [0.25, 0.3) is 15.7 Å². The zero-order valence-electron chi connectivity index (χ0n) is 7.61. The minimum Gasteiger partial charge on any atom is -0.311 e. The molecule has 4 heteroatoms. The van der Waals surface area contributed by atoms with Crippen LogP contribution in [0, 0.1) is 0 Å². The van der Waals surface area contributed by atoms with E-state index in [-0.39, 0.29) is 4.74 Å². The molecule has 15 heavy (non-hydrogen) atoms. The summed E-state index contributed by atoms with van der Waals surface area (Å²) in [7, 11) is 0. The van der Waals surface area contributed by atoms with Crippen molar-refractivity contribution in [3.05, 3.63) is 51.1 Å². The monoisotopic (exact) mass is 235 g/mol. The molecule has 0 atom stereocenters. The molecular weight excluding hydrogens is 230 g/mol. The van der Waals surface area contributed by atoms with Gasteiger partial charge in [0.05, 0.1) is 15.2 Å². The fraction of sp³-hybridized carbons (Fsp3) is 0. The highest BCUT2D eigenvalue weighted by Crippen LogP contribution is 2.25. The van der Waals surface area contributed by atoms with Gasteiger partial charge in [-0.3, -0.25) is 4.79 Å². The van der Waals surface area contributed by atoms with Crippen molar-refractivity contribution >= 4 is 38.7 Å². The van der Waals surface area contributed by atoms with Crippen LogP contribution in [-0.2, 0) is 0 Å². The number of halogens is 1. The van der Waals surface area contributed by atoms with Gasteiger partial charge in [0, 0.05) is 6.20 Å². The molecule has 0 spiro atoms. The lowest BCUT2D eigenvalue weighted by Gasteiger charge is -2.02. The average Bonchev–Trinajstić information content (AvgIpc) is 2.69. The molecule has 2 nitrogen and oxygen atoms in total. The van der Waals surface area contributed by atoms with Gasteiger partial charge in [-0.25, -0.2) is 0 Å². The molecule has 2 aromatic heterocycles. The van der Waals surface area contributed by atoms with Crippen LogP contribution in [0.5, 0.6) is 0 Å². The van der Waals surface area contributed by atoms with Crippen molar-refractivity contribution in [3.63, 3.8) is 0 Å². The maximum Gasteiger partial charge on any atom is 0.257 e. The van der Waals surface area contributed by atoms with Gasteiger partial charge >= 0.3 is 0 Å². The van der Waals surface area contributed by atoms with Gasteiger partial charge in [0.15, 0.2) is 0 Å². The van der Waals surface area contributed by atoms with Crippen LogP contribution >= 0.6 is 22.9 Å². The van der Waals surface area contributed by atoms with Crippen LogP contribution < -0.4 is 4.74 Å². The van der Waals surface area contributed by atoms with E-state index >= 15 is 0 Å². The maximum atomic E-state index is 11.7. The maximum absolute atomic E-state index is 11.7. The lowest BCUT2D eigenvalue weighted by Crippen LogP contribution is -1.99. The fourth-order valence-electron chi connectivity index (χ4n) is 1.69. The largest absolute Gasteiger partial charge is 0.311 e. The number of hydrogen-bond donors (Lipinski definition) is 0. The molecule has 0 aliphatic rings. The topological polar surface area (TPSA) is 21.5 Å². The Kier molecular flexibility index (Phi) is 1.84. The van der Waals surface area contributed by atoms with E-state index in [9.17, 15) is 4.79 Å². The normalized spacial score (nSPS) is 11.3. The molecule has 0 unspecified atom stereocenters. The van der Waals surface area contributed by atoms with E-state index in [2.05, 4.69) is 0 Å². The predicted molar refractivity (Wildman–Crippen MR) is 64.1 cm³/mol. The van der Waals surface area contributed by atoms with E-state index in [0.717, 1.165) is 10.2 Å². The van der Waals surface area contributed by atoms with Crippen molar-refractivity contribution in [2.75, 3.05) is 0 Å². The molecule has 2 heterocycles. The highest BCUT2D eigenvalue weighted by Gasteiger charge is 2.06. The summed E-state index contributed by atoms with van der Waals surface area (Å²) in [6, 6.07) is 9.34. The Balaban J connectivity index is 2.72. The Bertz CT molecular complexity index is 713. The van der Waals surface area contributed by atoms with Gasteiger partial charge in [0.1, 0.15) is 5.52 Å². The summed E-state index contributed by atoms with van der Waals surface area (Å²) in [5.74, 6) is 0. The number of nitrogens with zero attached hydrogens (tertiary/aromatic N) is 1. The molecule has 1 aromatic carbocycles. The van der Waals surface area contributed by atoms with Crippen molar-refractivity contribution in [1.29, 1.82) is 0 Å². The van der Waals surface area contributed by atoms with Gasteiger partial charge in [-0.05, 0) is 24.3 Å². The van der Waals surface area contributed by atoms with Crippen molar-refractivity contribution in [2.24, 2.45) is 0 Å². The molecule has 0 N–H and O–H groups in total. The first kappa shape index (κ1) is 8.95. The van der Waals surface area contributed by atoms with Crippen molar-refractivity contribution < 1.29 is 0 Å². The fourth-order valence-corrected chi connectivity index (χ4v) is 2.87. The van der Waals surface area contributed by atoms with Crippen LogP contribution in [0.2, 0.25) is 5.02 Å². The van der Waals surface area contributed by atoms with E-state index in [1.54, 1.807) is 6.07 Å². The second-order valence-electron chi connectivity index (χ2n) is 3.24. The molecule has 3 aromatic rings. The Morgan fingerprint density at radius 1 is 1.13 bits per heavy atom. The molecule has 0 saturated heterocycles. The van der Waals surface area contributed by atoms with Gasteiger partial charge in [0.25, 0.3) is 4.74 Å². The third kappa shape index (κ3) is 1.20. The number of hydrogen-bond acceptors (Lipinski definition) is 2. The van der Waals surface area contributed by atoms with Crippen molar-refractivity contribution in [1.82, 2.24) is 4.40 Å². The third-order valence-corrected chi connectivity index (χ3v) is 3.81. The molecular formula is C11H6ClNOS. The molecule has 0 saturated carbocycles. The van der Waals surface area contributed by atoms with Gasteiger partial charge in [-0.2, -0.15) is 0 Å². The van der Waals surface area contributed by atoms with Gasteiger partial charge < -0.3 is 4.40 Å². The molecule has 0 radical (unpaired) electrons. The van der Waals surface area contributed by atoms with E-state index in [1.807, 2.05) is 34.9 Å². The summed E-state index contributed by atoms with van der Waals surface area (Å²) in [4.78, 5) is 11.7. The molecule has 0 amide bonds. The SMILES string of the molecule is O=c1sc2c(Cl)cccc2n2cccc12. The summed E-state index contributed by atoms with van der Waals surface area (Å²) < 4.78 is 2.76. The Labute approximate surface area is 94.3 Å². The number of rotatable bonds is 0. The number of aromatic nitrogens is 1. The summed E-state index contributed by atoms with van der Waals surface area (Å²) in [6.45, 7) is 0. The minimum absolute atomic E-state index is 0.0422. The summed E-state index contributed by atoms with van der Waals surface area (Å²) in [6.07, 6.45) is 1.88. The predicted octanol–water partition coefficient (Wildman–Crippen LogP) is 3.17. The van der Waals surface area contributed by atoms with E-state index in [1.165, 1.54) is 11.3 Å². The lowest BCUT2D eigenvalue weighted by atomic mass is 10.3. The molecule has 0 aliphatic carbocycles. The minimum atomic E-state index is 0.0422. The van der Waals surface area contributed by atoms with Crippen LogP contribution in [0.3, 0.4) is 0 Å². The standard InChI is InChI=1S/C11H6ClNOS/c12-7-3-1-4-8-10(7)15-11(14)9-5-2-6-13(8)9/h1-6H. The number of benzene rings is 1. The second kappa shape index (κ2) is 3.08. The highest BCUT2D eigenvalue weighted by molar-refractivity contribution is 7.17. The Morgan fingerprint density at radius 3 is 2.80 bits per heavy atom. The zero-order chi connectivity index (χ0) is 10.4. The molecule has 0 bridgehead atoms. The van der Waals surface area contributed by atoms with E-state index in [4.69, 9.17) is 11.6 Å². The quantitative estimate of drug-likeness (QED) is 0.587. The average molecular weight is 236 g/mol. The first-order chi connectivity index (χ1) is 7.27. The van der Waals surface area contributed by atoms with Gasteiger partial charge in [0.2, 0.25) is 0 Å². The lowest BCUT2D eigenvalue weighted by molar-refractivity contribution is 1.28. The molecule has 0 aliphatic heterocycles. The summed E-state index contributed by atoms with van der Waals surface area (Å²) in [5, 5.41) is 0.630. The zero-order valence-corrected chi connectivity index (χ0v) is 9.18. The van der Waals surface area contributed by atoms with Crippen molar-refractivity contribution in [3.8, 4) is 0 Å². The molecule has 3 rings (SSSR count). The van der Waals surface area contributed by atoms with Gasteiger partial charge in [-0.15, -0.1) is 0 Å². The molecule has 74 valence electrons.